The fraction of sp³-hybridized carbons (Fsp3) is 0.115. The highest BCUT2D eigenvalue weighted by Crippen LogP contribution is 2.35. The van der Waals surface area contributed by atoms with E-state index in [0.29, 0.717) is 16.9 Å². The molecular formula is C26H21F2N7O. The SMILES string of the molecule is Cc1cc(-c2c(-c3ccccc3)nc(N)n3nc(C(=O)NCc4ccc(F)cc4F)nc23)cc(C)n1. The van der Waals surface area contributed by atoms with Crippen molar-refractivity contribution in [3.63, 3.8) is 0 Å². The Morgan fingerprint density at radius 2 is 1.67 bits per heavy atom. The Kier molecular flexibility index (Phi) is 5.85. The van der Waals surface area contributed by atoms with Crippen molar-refractivity contribution < 1.29 is 13.6 Å². The lowest BCUT2D eigenvalue weighted by molar-refractivity contribution is 0.0940. The molecule has 180 valence electrons. The maximum Gasteiger partial charge on any atom is 0.291 e. The van der Waals surface area contributed by atoms with Crippen LogP contribution in [0.4, 0.5) is 14.7 Å². The molecule has 0 unspecified atom stereocenters. The fourth-order valence-electron chi connectivity index (χ4n) is 4.02. The van der Waals surface area contributed by atoms with E-state index in [2.05, 4.69) is 25.4 Å². The Morgan fingerprint density at radius 1 is 0.944 bits per heavy atom. The van der Waals surface area contributed by atoms with E-state index in [1.165, 1.54) is 10.6 Å². The lowest BCUT2D eigenvalue weighted by atomic mass is 9.99. The average molecular weight is 485 g/mol. The van der Waals surface area contributed by atoms with Crippen LogP contribution in [0.15, 0.2) is 60.7 Å². The second kappa shape index (κ2) is 9.14. The highest BCUT2D eigenvalue weighted by molar-refractivity contribution is 5.94. The van der Waals surface area contributed by atoms with Crippen LogP contribution < -0.4 is 11.1 Å². The molecule has 0 fully saturated rings. The normalized spacial score (nSPS) is 11.1. The molecule has 1 amide bonds. The number of fused-ring (bicyclic) bond motifs is 1. The van der Waals surface area contributed by atoms with Gasteiger partial charge in [-0.3, -0.25) is 9.78 Å². The first-order valence-electron chi connectivity index (χ1n) is 11.1. The predicted molar refractivity (Wildman–Crippen MR) is 131 cm³/mol. The summed E-state index contributed by atoms with van der Waals surface area (Å²) in [7, 11) is 0. The zero-order valence-corrected chi connectivity index (χ0v) is 19.5. The van der Waals surface area contributed by atoms with Crippen LogP contribution in [0, 0.1) is 25.5 Å². The third-order valence-corrected chi connectivity index (χ3v) is 5.59. The fourth-order valence-corrected chi connectivity index (χ4v) is 4.02. The third-order valence-electron chi connectivity index (χ3n) is 5.59. The Labute approximate surface area is 204 Å². The van der Waals surface area contributed by atoms with Crippen molar-refractivity contribution in [1.82, 2.24) is 29.9 Å². The predicted octanol–water partition coefficient (Wildman–Crippen LogP) is 4.26. The summed E-state index contributed by atoms with van der Waals surface area (Å²) in [5.41, 5.74) is 11.1. The van der Waals surface area contributed by atoms with E-state index in [-0.39, 0.29) is 23.9 Å². The van der Waals surface area contributed by atoms with Crippen LogP contribution in [0.25, 0.3) is 28.0 Å². The lowest BCUT2D eigenvalue weighted by Gasteiger charge is -2.13. The smallest absolute Gasteiger partial charge is 0.291 e. The number of anilines is 1. The molecule has 3 N–H and O–H groups in total. The Morgan fingerprint density at radius 3 is 2.36 bits per heavy atom. The summed E-state index contributed by atoms with van der Waals surface area (Å²) in [5, 5.41) is 6.83. The third kappa shape index (κ3) is 4.36. The zero-order valence-electron chi connectivity index (χ0n) is 19.5. The van der Waals surface area contributed by atoms with Gasteiger partial charge in [-0.25, -0.2) is 18.7 Å². The van der Waals surface area contributed by atoms with Crippen LogP contribution in [0.3, 0.4) is 0 Å². The van der Waals surface area contributed by atoms with Crippen molar-refractivity contribution in [3.05, 3.63) is 95.1 Å². The van der Waals surface area contributed by atoms with Crippen molar-refractivity contribution in [3.8, 4) is 22.4 Å². The minimum absolute atomic E-state index is 0.0474. The van der Waals surface area contributed by atoms with E-state index in [9.17, 15) is 13.6 Å². The molecule has 5 rings (SSSR count). The lowest BCUT2D eigenvalue weighted by Crippen LogP contribution is -2.24. The van der Waals surface area contributed by atoms with Crippen LogP contribution in [-0.4, -0.2) is 30.5 Å². The summed E-state index contributed by atoms with van der Waals surface area (Å²) < 4.78 is 28.5. The molecule has 0 aliphatic rings. The molecular weight excluding hydrogens is 464 g/mol. The van der Waals surface area contributed by atoms with Gasteiger partial charge in [0.2, 0.25) is 11.8 Å². The highest BCUT2D eigenvalue weighted by Gasteiger charge is 2.23. The summed E-state index contributed by atoms with van der Waals surface area (Å²) in [6, 6.07) is 16.4. The van der Waals surface area contributed by atoms with Crippen LogP contribution in [0.5, 0.6) is 0 Å². The Balaban J connectivity index is 1.62. The van der Waals surface area contributed by atoms with E-state index < -0.39 is 17.5 Å². The van der Waals surface area contributed by atoms with Crippen LogP contribution >= 0.6 is 0 Å². The molecule has 0 bridgehead atoms. The number of nitrogens with one attached hydrogen (secondary N) is 1. The zero-order chi connectivity index (χ0) is 25.4. The number of aryl methyl sites for hydroxylation is 2. The van der Waals surface area contributed by atoms with Gasteiger partial charge in [-0.2, -0.15) is 4.52 Å². The molecule has 3 heterocycles. The summed E-state index contributed by atoms with van der Waals surface area (Å²) in [6.07, 6.45) is 0. The molecule has 0 spiro atoms. The van der Waals surface area contributed by atoms with Gasteiger partial charge in [-0.05, 0) is 37.6 Å². The molecule has 0 saturated carbocycles. The quantitative estimate of drug-likeness (QED) is 0.385. The first-order chi connectivity index (χ1) is 17.3. The molecule has 2 aromatic carbocycles. The number of hydrogen-bond acceptors (Lipinski definition) is 6. The molecule has 0 radical (unpaired) electrons. The number of nitrogens with two attached hydrogens (primary N) is 1. The van der Waals surface area contributed by atoms with Gasteiger partial charge in [-0.15, -0.1) is 5.10 Å². The van der Waals surface area contributed by atoms with E-state index in [0.717, 1.165) is 34.6 Å². The van der Waals surface area contributed by atoms with E-state index in [1.807, 2.05) is 56.3 Å². The van der Waals surface area contributed by atoms with Crippen molar-refractivity contribution in [1.29, 1.82) is 0 Å². The highest BCUT2D eigenvalue weighted by atomic mass is 19.1. The van der Waals surface area contributed by atoms with Crippen molar-refractivity contribution in [2.24, 2.45) is 0 Å². The van der Waals surface area contributed by atoms with Crippen LogP contribution in [0.1, 0.15) is 27.6 Å². The molecule has 3 aromatic heterocycles. The van der Waals surface area contributed by atoms with E-state index in [1.54, 1.807) is 0 Å². The maximum atomic E-state index is 14.0. The second-order valence-corrected chi connectivity index (χ2v) is 8.29. The van der Waals surface area contributed by atoms with Gasteiger partial charge >= 0.3 is 0 Å². The first kappa shape index (κ1) is 23.0. The molecule has 10 heteroatoms. The summed E-state index contributed by atoms with van der Waals surface area (Å²) in [5.74, 6) is -2.22. The summed E-state index contributed by atoms with van der Waals surface area (Å²) in [4.78, 5) is 26.4. The van der Waals surface area contributed by atoms with Crippen molar-refractivity contribution >= 4 is 17.5 Å². The maximum absolute atomic E-state index is 14.0. The number of hydrogen-bond donors (Lipinski definition) is 2. The summed E-state index contributed by atoms with van der Waals surface area (Å²) >= 11 is 0. The number of nitrogens with zero attached hydrogens (tertiary/aromatic N) is 5. The van der Waals surface area contributed by atoms with Crippen LogP contribution in [-0.2, 0) is 6.54 Å². The number of rotatable bonds is 5. The summed E-state index contributed by atoms with van der Waals surface area (Å²) in [6.45, 7) is 3.61. The number of carbonyl (C=O) groups excluding carboxylic acids is 1. The molecule has 36 heavy (non-hydrogen) atoms. The minimum atomic E-state index is -0.759. The number of nitrogen functional groups attached to an aromatic ring is 1. The molecule has 5 aromatic rings. The standard InChI is InChI=1S/C26H21F2N7O/c1-14-10-18(11-15(2)31-14)21-22(16-6-4-3-5-7-16)32-26(29)35-24(21)33-23(34-35)25(36)30-13-17-8-9-19(27)12-20(17)28/h3-12H,13H2,1-2H3,(H2,29,32)(H,30,36). The van der Waals surface area contributed by atoms with Gasteiger partial charge in [-0.1, -0.05) is 36.4 Å². The molecule has 0 saturated heterocycles. The Hall–Kier alpha value is -4.73. The monoisotopic (exact) mass is 485 g/mol. The average Bonchev–Trinajstić information content (AvgIpc) is 3.29. The largest absolute Gasteiger partial charge is 0.368 e. The van der Waals surface area contributed by atoms with Gasteiger partial charge in [0.25, 0.3) is 5.91 Å². The molecule has 8 nitrogen and oxygen atoms in total. The minimum Gasteiger partial charge on any atom is -0.368 e. The van der Waals surface area contributed by atoms with Gasteiger partial charge in [0.15, 0.2) is 5.65 Å². The topological polar surface area (TPSA) is 111 Å². The molecule has 0 aliphatic carbocycles. The number of pyridine rings is 1. The first-order valence-corrected chi connectivity index (χ1v) is 11.1. The molecule has 0 atom stereocenters. The number of carbonyl (C=O) groups is 1. The van der Waals surface area contributed by atoms with E-state index in [4.69, 9.17) is 5.73 Å². The van der Waals surface area contributed by atoms with Gasteiger partial charge in [0.05, 0.1) is 11.3 Å². The molecule has 0 aliphatic heterocycles. The Bertz CT molecular complexity index is 1600. The number of amides is 1. The van der Waals surface area contributed by atoms with Gasteiger partial charge < -0.3 is 11.1 Å². The number of halogens is 2. The van der Waals surface area contributed by atoms with Crippen molar-refractivity contribution in [2.45, 2.75) is 20.4 Å². The van der Waals surface area contributed by atoms with E-state index >= 15 is 0 Å². The number of benzene rings is 2. The second-order valence-electron chi connectivity index (χ2n) is 8.29. The van der Waals surface area contributed by atoms with Gasteiger partial charge in [0.1, 0.15) is 11.6 Å². The number of aromatic nitrogens is 5. The van der Waals surface area contributed by atoms with Crippen molar-refractivity contribution in [2.75, 3.05) is 5.73 Å². The van der Waals surface area contributed by atoms with Gasteiger partial charge in [0, 0.05) is 35.1 Å². The van der Waals surface area contributed by atoms with Crippen LogP contribution in [0.2, 0.25) is 0 Å².